The van der Waals surface area contributed by atoms with Gasteiger partial charge in [0, 0.05) is 5.56 Å². The number of nitriles is 2. The Morgan fingerprint density at radius 2 is 1.94 bits per heavy atom. The molecule has 0 amide bonds. The van der Waals surface area contributed by atoms with Crippen LogP contribution in [0.25, 0.3) is 0 Å². The molecule has 6 heteroatoms. The third-order valence-electron chi connectivity index (χ3n) is 2.16. The molecule has 0 atom stereocenters. The molecule has 0 aliphatic heterocycles. The highest BCUT2D eigenvalue weighted by Crippen LogP contribution is 2.34. The van der Waals surface area contributed by atoms with Crippen LogP contribution in [-0.2, 0) is 12.6 Å². The molecule has 3 nitrogen and oxygen atoms in total. The fraction of sp³-hybridized carbons (Fsp3) is 0.182. The smallest absolute Gasteiger partial charge is 0.298 e. The molecule has 86 valence electrons. The molecule has 0 saturated carbocycles. The van der Waals surface area contributed by atoms with Crippen molar-refractivity contribution < 1.29 is 18.0 Å². The molecule has 0 saturated heterocycles. The highest BCUT2D eigenvalue weighted by atomic mass is 19.4. The van der Waals surface area contributed by atoms with Crippen LogP contribution in [-0.4, -0.2) is 6.29 Å². The van der Waals surface area contributed by atoms with Gasteiger partial charge >= 0.3 is 6.18 Å². The summed E-state index contributed by atoms with van der Waals surface area (Å²) in [5, 5.41) is 17.1. The van der Waals surface area contributed by atoms with E-state index in [1.54, 1.807) is 12.1 Å². The van der Waals surface area contributed by atoms with Gasteiger partial charge in [-0.05, 0) is 17.7 Å². The number of rotatable bonds is 2. The maximum Gasteiger partial charge on any atom is 0.416 e. The van der Waals surface area contributed by atoms with E-state index in [0.717, 1.165) is 6.07 Å². The molecule has 17 heavy (non-hydrogen) atoms. The monoisotopic (exact) mass is 238 g/mol. The number of nitrogens with zero attached hydrogens (tertiary/aromatic N) is 2. The molecule has 1 aromatic carbocycles. The van der Waals surface area contributed by atoms with Crippen LogP contribution in [0, 0.1) is 22.7 Å². The largest absolute Gasteiger partial charge is 0.416 e. The Morgan fingerprint density at radius 1 is 1.29 bits per heavy atom. The molecule has 0 spiro atoms. The summed E-state index contributed by atoms with van der Waals surface area (Å²) in [5.74, 6) is 0. The lowest BCUT2D eigenvalue weighted by Crippen LogP contribution is -2.12. The zero-order chi connectivity index (χ0) is 13.1. The number of hydrogen-bond donors (Lipinski definition) is 0. The number of halogens is 3. The van der Waals surface area contributed by atoms with E-state index in [1.165, 1.54) is 0 Å². The Balaban J connectivity index is 3.61. The van der Waals surface area contributed by atoms with Gasteiger partial charge in [0.05, 0.1) is 29.7 Å². The van der Waals surface area contributed by atoms with Gasteiger partial charge in [-0.15, -0.1) is 0 Å². The molecule has 1 aromatic rings. The van der Waals surface area contributed by atoms with E-state index < -0.39 is 23.7 Å². The molecular weight excluding hydrogens is 233 g/mol. The second-order valence-corrected chi connectivity index (χ2v) is 3.12. The number of carbonyl (C=O) groups excluding carboxylic acids is 1. The molecule has 0 fully saturated rings. The van der Waals surface area contributed by atoms with Crippen molar-refractivity contribution in [3.05, 3.63) is 34.4 Å². The van der Waals surface area contributed by atoms with Crippen LogP contribution in [0.5, 0.6) is 0 Å². The lowest BCUT2D eigenvalue weighted by atomic mass is 9.95. The van der Waals surface area contributed by atoms with E-state index in [4.69, 9.17) is 10.5 Å². The second kappa shape index (κ2) is 4.67. The number of alkyl halides is 3. The minimum absolute atomic E-state index is 0.167. The summed E-state index contributed by atoms with van der Waals surface area (Å²) in [6.07, 6.45) is -5.06. The maximum absolute atomic E-state index is 12.6. The summed E-state index contributed by atoms with van der Waals surface area (Å²) in [5.41, 5.74) is -2.05. The van der Waals surface area contributed by atoms with Crippen LogP contribution in [0.1, 0.15) is 27.0 Å². The van der Waals surface area contributed by atoms with Gasteiger partial charge in [0.1, 0.15) is 0 Å². The molecule has 0 aliphatic rings. The van der Waals surface area contributed by atoms with Crippen molar-refractivity contribution in [3.63, 3.8) is 0 Å². The van der Waals surface area contributed by atoms with Crippen LogP contribution in [0.3, 0.4) is 0 Å². The standard InChI is InChI=1S/C11H5F3N2O/c12-11(13,14)10-2-1-7(5-16)9(6-17)8(10)3-4-15/h1-2,6H,3H2. The molecular formula is C11H5F3N2O. The van der Waals surface area contributed by atoms with Crippen LogP contribution < -0.4 is 0 Å². The first-order valence-corrected chi connectivity index (χ1v) is 4.41. The minimum Gasteiger partial charge on any atom is -0.298 e. The lowest BCUT2D eigenvalue weighted by Gasteiger charge is -2.13. The Labute approximate surface area is 94.7 Å². The van der Waals surface area contributed by atoms with Gasteiger partial charge < -0.3 is 0 Å². The molecule has 0 N–H and O–H groups in total. The molecule has 0 heterocycles. The first-order chi connectivity index (χ1) is 7.95. The number of aldehydes is 1. The summed E-state index contributed by atoms with van der Waals surface area (Å²) >= 11 is 0. The molecule has 0 unspecified atom stereocenters. The number of benzene rings is 1. The van der Waals surface area contributed by atoms with E-state index in [-0.39, 0.29) is 17.4 Å². The molecule has 0 aromatic heterocycles. The SMILES string of the molecule is N#CCc1c(C(F)(F)F)ccc(C#N)c1C=O. The zero-order valence-corrected chi connectivity index (χ0v) is 8.38. The van der Waals surface area contributed by atoms with Crippen molar-refractivity contribution in [1.82, 2.24) is 0 Å². The summed E-state index contributed by atoms with van der Waals surface area (Å²) in [7, 11) is 0. The third kappa shape index (κ3) is 2.43. The van der Waals surface area contributed by atoms with Crippen molar-refractivity contribution in [1.29, 1.82) is 10.5 Å². The second-order valence-electron chi connectivity index (χ2n) is 3.12. The lowest BCUT2D eigenvalue weighted by molar-refractivity contribution is -0.138. The Bertz CT molecular complexity index is 535. The van der Waals surface area contributed by atoms with Gasteiger partial charge in [-0.1, -0.05) is 0 Å². The Hall–Kier alpha value is -2.34. The van der Waals surface area contributed by atoms with E-state index >= 15 is 0 Å². The topological polar surface area (TPSA) is 64.7 Å². The predicted molar refractivity (Wildman–Crippen MR) is 50.9 cm³/mol. The van der Waals surface area contributed by atoms with Crippen LogP contribution in [0.15, 0.2) is 12.1 Å². The van der Waals surface area contributed by atoms with Gasteiger partial charge in [0.15, 0.2) is 6.29 Å². The fourth-order valence-electron chi connectivity index (χ4n) is 1.43. The summed E-state index contributed by atoms with van der Waals surface area (Å²) in [6.45, 7) is 0. The van der Waals surface area contributed by atoms with Gasteiger partial charge in [0.2, 0.25) is 0 Å². The van der Waals surface area contributed by atoms with E-state index in [1.807, 2.05) is 0 Å². The highest BCUT2D eigenvalue weighted by molar-refractivity contribution is 5.82. The summed E-state index contributed by atoms with van der Waals surface area (Å²) < 4.78 is 37.8. The van der Waals surface area contributed by atoms with Crippen LogP contribution >= 0.6 is 0 Å². The third-order valence-corrected chi connectivity index (χ3v) is 2.16. The molecule has 0 radical (unpaired) electrons. The van der Waals surface area contributed by atoms with Crippen LogP contribution in [0.2, 0.25) is 0 Å². The molecule has 0 bridgehead atoms. The van der Waals surface area contributed by atoms with E-state index in [9.17, 15) is 18.0 Å². The number of hydrogen-bond acceptors (Lipinski definition) is 3. The Morgan fingerprint density at radius 3 is 2.35 bits per heavy atom. The first-order valence-electron chi connectivity index (χ1n) is 4.41. The number of carbonyl (C=O) groups is 1. The van der Waals surface area contributed by atoms with Crippen LogP contribution in [0.4, 0.5) is 13.2 Å². The van der Waals surface area contributed by atoms with Gasteiger partial charge in [-0.3, -0.25) is 4.79 Å². The molecule has 0 aliphatic carbocycles. The normalized spacial score (nSPS) is 10.4. The predicted octanol–water partition coefficient (Wildman–Crippen LogP) is 2.46. The van der Waals surface area contributed by atoms with Gasteiger partial charge in [0.25, 0.3) is 0 Å². The highest BCUT2D eigenvalue weighted by Gasteiger charge is 2.34. The van der Waals surface area contributed by atoms with Gasteiger partial charge in [-0.2, -0.15) is 23.7 Å². The maximum atomic E-state index is 12.6. The summed E-state index contributed by atoms with van der Waals surface area (Å²) in [4.78, 5) is 10.7. The molecule has 1 rings (SSSR count). The van der Waals surface area contributed by atoms with Crippen molar-refractivity contribution in [2.75, 3.05) is 0 Å². The average molecular weight is 238 g/mol. The van der Waals surface area contributed by atoms with Crippen molar-refractivity contribution in [2.45, 2.75) is 12.6 Å². The quantitative estimate of drug-likeness (QED) is 0.743. The minimum atomic E-state index is -4.65. The zero-order valence-electron chi connectivity index (χ0n) is 8.38. The van der Waals surface area contributed by atoms with Crippen molar-refractivity contribution in [2.24, 2.45) is 0 Å². The van der Waals surface area contributed by atoms with Crippen molar-refractivity contribution >= 4 is 6.29 Å². The fourth-order valence-corrected chi connectivity index (χ4v) is 1.43. The van der Waals surface area contributed by atoms with Crippen molar-refractivity contribution in [3.8, 4) is 12.1 Å². The average Bonchev–Trinajstić information content (AvgIpc) is 2.27. The van der Waals surface area contributed by atoms with E-state index in [2.05, 4.69) is 0 Å². The Kier molecular flexibility index (Phi) is 3.49. The van der Waals surface area contributed by atoms with Gasteiger partial charge in [-0.25, -0.2) is 0 Å². The first kappa shape index (κ1) is 12.7. The van der Waals surface area contributed by atoms with E-state index in [0.29, 0.717) is 6.07 Å². The summed E-state index contributed by atoms with van der Waals surface area (Å²) in [6, 6.07) is 4.80.